The van der Waals surface area contributed by atoms with E-state index in [0.717, 1.165) is 47.4 Å². The first-order chi connectivity index (χ1) is 8.17. The van der Waals surface area contributed by atoms with Crippen LogP contribution in [0.4, 0.5) is 0 Å². The van der Waals surface area contributed by atoms with Crippen LogP contribution in [0, 0.1) is 0 Å². The zero-order chi connectivity index (χ0) is 11.9. The van der Waals surface area contributed by atoms with Crippen molar-refractivity contribution in [3.8, 4) is 0 Å². The summed E-state index contributed by atoms with van der Waals surface area (Å²) in [6.07, 6.45) is 2.17. The largest absolute Gasteiger partial charge is 0.440 e. The van der Waals surface area contributed by atoms with E-state index in [1.165, 1.54) is 0 Å². The highest BCUT2D eigenvalue weighted by molar-refractivity contribution is 9.10. The average Bonchev–Trinajstić information content (AvgIpc) is 2.73. The summed E-state index contributed by atoms with van der Waals surface area (Å²) in [5.74, 6) is 0.882. The van der Waals surface area contributed by atoms with Gasteiger partial charge in [-0.1, -0.05) is 22.9 Å². The summed E-state index contributed by atoms with van der Waals surface area (Å²) >= 11 is 3.45. The summed E-state index contributed by atoms with van der Waals surface area (Å²) in [4.78, 5) is 4.63. The van der Waals surface area contributed by atoms with Crippen LogP contribution in [-0.4, -0.2) is 18.1 Å². The predicted molar refractivity (Wildman–Crippen MR) is 71.2 cm³/mol. The second kappa shape index (κ2) is 4.10. The minimum absolute atomic E-state index is 0.0801. The van der Waals surface area contributed by atoms with Gasteiger partial charge in [0, 0.05) is 9.89 Å². The maximum Gasteiger partial charge on any atom is 0.201 e. The summed E-state index contributed by atoms with van der Waals surface area (Å²) in [5, 5.41) is 3.38. The zero-order valence-electron chi connectivity index (χ0n) is 9.79. The van der Waals surface area contributed by atoms with Gasteiger partial charge in [-0.2, -0.15) is 0 Å². The van der Waals surface area contributed by atoms with Crippen molar-refractivity contribution in [2.45, 2.75) is 25.2 Å². The molecule has 3 nitrogen and oxygen atoms in total. The summed E-state index contributed by atoms with van der Waals surface area (Å²) in [7, 11) is 0. The molecule has 3 rings (SSSR count). The maximum absolute atomic E-state index is 5.92. The Morgan fingerprint density at radius 2 is 2.12 bits per heavy atom. The number of benzene rings is 1. The Bertz CT molecular complexity index is 543. The Morgan fingerprint density at radius 1 is 1.35 bits per heavy atom. The van der Waals surface area contributed by atoms with Gasteiger partial charge in [0.15, 0.2) is 5.58 Å². The molecular formula is C13H15BrN2O. The van der Waals surface area contributed by atoms with Gasteiger partial charge < -0.3 is 9.73 Å². The van der Waals surface area contributed by atoms with Crippen LogP contribution in [-0.2, 0) is 5.41 Å². The van der Waals surface area contributed by atoms with E-state index < -0.39 is 0 Å². The SMILES string of the molecule is CC1(c2nc3ccc(Br)cc3o2)CCNCC1. The van der Waals surface area contributed by atoms with Gasteiger partial charge in [0.25, 0.3) is 0 Å². The van der Waals surface area contributed by atoms with Crippen molar-refractivity contribution >= 4 is 27.0 Å². The van der Waals surface area contributed by atoms with E-state index in [9.17, 15) is 0 Å². The molecule has 1 saturated heterocycles. The molecule has 1 fully saturated rings. The van der Waals surface area contributed by atoms with Crippen molar-refractivity contribution in [1.29, 1.82) is 0 Å². The minimum Gasteiger partial charge on any atom is -0.440 e. The lowest BCUT2D eigenvalue weighted by molar-refractivity contribution is 0.275. The number of hydrogen-bond donors (Lipinski definition) is 1. The molecule has 0 saturated carbocycles. The molecule has 0 unspecified atom stereocenters. The second-order valence-corrected chi connectivity index (χ2v) is 5.86. The van der Waals surface area contributed by atoms with Crippen LogP contribution in [0.25, 0.3) is 11.1 Å². The molecule has 1 aliphatic heterocycles. The van der Waals surface area contributed by atoms with Crippen LogP contribution in [0.1, 0.15) is 25.7 Å². The number of aromatic nitrogens is 1. The molecule has 2 heterocycles. The third kappa shape index (κ3) is 2.00. The molecule has 0 spiro atoms. The molecular weight excluding hydrogens is 280 g/mol. The maximum atomic E-state index is 5.92. The lowest BCUT2D eigenvalue weighted by Gasteiger charge is -2.30. The Hall–Kier alpha value is -0.870. The number of fused-ring (bicyclic) bond motifs is 1. The Balaban J connectivity index is 2.05. The first-order valence-electron chi connectivity index (χ1n) is 5.95. The quantitative estimate of drug-likeness (QED) is 0.877. The lowest BCUT2D eigenvalue weighted by Crippen LogP contribution is -2.37. The van der Waals surface area contributed by atoms with Crippen LogP contribution < -0.4 is 5.32 Å². The van der Waals surface area contributed by atoms with E-state index in [4.69, 9.17) is 4.42 Å². The number of hydrogen-bond acceptors (Lipinski definition) is 3. The lowest BCUT2D eigenvalue weighted by atomic mass is 9.81. The molecule has 4 heteroatoms. The van der Waals surface area contributed by atoms with Crippen molar-refractivity contribution < 1.29 is 4.42 Å². The molecule has 1 aliphatic rings. The van der Waals surface area contributed by atoms with Gasteiger partial charge in [0.05, 0.1) is 0 Å². The molecule has 0 aliphatic carbocycles. The molecule has 17 heavy (non-hydrogen) atoms. The van der Waals surface area contributed by atoms with Crippen LogP contribution in [0.2, 0.25) is 0 Å². The molecule has 1 aromatic heterocycles. The highest BCUT2D eigenvalue weighted by Gasteiger charge is 2.33. The Morgan fingerprint density at radius 3 is 2.88 bits per heavy atom. The number of piperidine rings is 1. The normalized spacial score (nSPS) is 19.6. The monoisotopic (exact) mass is 294 g/mol. The summed E-state index contributed by atoms with van der Waals surface area (Å²) in [5.41, 5.74) is 1.90. The predicted octanol–water partition coefficient (Wildman–Crippen LogP) is 3.23. The van der Waals surface area contributed by atoms with Gasteiger partial charge in [0.2, 0.25) is 5.89 Å². The molecule has 2 aromatic rings. The molecule has 0 bridgehead atoms. The highest BCUT2D eigenvalue weighted by Crippen LogP contribution is 2.34. The average molecular weight is 295 g/mol. The van der Waals surface area contributed by atoms with E-state index in [0.29, 0.717) is 0 Å². The van der Waals surface area contributed by atoms with Crippen molar-refractivity contribution in [3.63, 3.8) is 0 Å². The minimum atomic E-state index is 0.0801. The second-order valence-electron chi connectivity index (χ2n) is 4.94. The number of halogens is 1. The fraction of sp³-hybridized carbons (Fsp3) is 0.462. The van der Waals surface area contributed by atoms with E-state index in [-0.39, 0.29) is 5.41 Å². The molecule has 0 radical (unpaired) electrons. The van der Waals surface area contributed by atoms with Gasteiger partial charge >= 0.3 is 0 Å². The van der Waals surface area contributed by atoms with Crippen molar-refractivity contribution in [1.82, 2.24) is 10.3 Å². The van der Waals surface area contributed by atoms with Crippen LogP contribution in [0.5, 0.6) is 0 Å². The van der Waals surface area contributed by atoms with Gasteiger partial charge in [-0.05, 0) is 44.1 Å². The molecule has 0 amide bonds. The Labute approximate surface area is 109 Å². The van der Waals surface area contributed by atoms with Crippen molar-refractivity contribution in [2.24, 2.45) is 0 Å². The van der Waals surface area contributed by atoms with Gasteiger partial charge in [0.1, 0.15) is 5.52 Å². The first kappa shape index (κ1) is 11.2. The van der Waals surface area contributed by atoms with Crippen molar-refractivity contribution in [2.75, 3.05) is 13.1 Å². The topological polar surface area (TPSA) is 38.1 Å². The van der Waals surface area contributed by atoms with Crippen LogP contribution >= 0.6 is 15.9 Å². The van der Waals surface area contributed by atoms with E-state index in [1.807, 2.05) is 18.2 Å². The summed E-state index contributed by atoms with van der Waals surface area (Å²) in [6.45, 7) is 4.32. The smallest absolute Gasteiger partial charge is 0.201 e. The van der Waals surface area contributed by atoms with Gasteiger partial charge in [-0.3, -0.25) is 0 Å². The molecule has 90 valence electrons. The third-order valence-corrected chi connectivity index (χ3v) is 4.07. The standard InChI is InChI=1S/C13H15BrN2O/c1-13(4-6-15-7-5-13)12-16-10-3-2-9(14)8-11(10)17-12/h2-3,8,15H,4-7H2,1H3. The third-order valence-electron chi connectivity index (χ3n) is 3.57. The number of oxazole rings is 1. The fourth-order valence-electron chi connectivity index (χ4n) is 2.35. The van der Waals surface area contributed by atoms with Gasteiger partial charge in [-0.25, -0.2) is 4.98 Å². The van der Waals surface area contributed by atoms with Crippen LogP contribution in [0.3, 0.4) is 0 Å². The fourth-order valence-corrected chi connectivity index (χ4v) is 2.69. The number of nitrogens with one attached hydrogen (secondary N) is 1. The highest BCUT2D eigenvalue weighted by atomic mass is 79.9. The zero-order valence-corrected chi connectivity index (χ0v) is 11.4. The number of rotatable bonds is 1. The number of nitrogens with zero attached hydrogens (tertiary/aromatic N) is 1. The molecule has 1 N–H and O–H groups in total. The molecule has 0 atom stereocenters. The van der Waals surface area contributed by atoms with E-state index in [2.05, 4.69) is 33.2 Å². The molecule has 1 aromatic carbocycles. The summed E-state index contributed by atoms with van der Waals surface area (Å²) < 4.78 is 6.95. The van der Waals surface area contributed by atoms with Crippen molar-refractivity contribution in [3.05, 3.63) is 28.6 Å². The van der Waals surface area contributed by atoms with E-state index in [1.54, 1.807) is 0 Å². The first-order valence-corrected chi connectivity index (χ1v) is 6.74. The van der Waals surface area contributed by atoms with Gasteiger partial charge in [-0.15, -0.1) is 0 Å². The van der Waals surface area contributed by atoms with E-state index >= 15 is 0 Å². The van der Waals surface area contributed by atoms with Crippen LogP contribution in [0.15, 0.2) is 27.1 Å². The Kier molecular flexibility index (Phi) is 2.71. The summed E-state index contributed by atoms with van der Waals surface area (Å²) in [6, 6.07) is 5.98.